The molecule has 0 atom stereocenters. The molecule has 0 aromatic heterocycles. The molecule has 14 heavy (non-hydrogen) atoms. The van der Waals surface area contributed by atoms with Gasteiger partial charge in [0.2, 0.25) is 5.91 Å². The van der Waals surface area contributed by atoms with Crippen molar-refractivity contribution in [3.05, 3.63) is 11.0 Å². The molecule has 0 aromatic rings. The number of primary amides is 1. The summed E-state index contributed by atoms with van der Waals surface area (Å²) in [4.78, 5) is 11.0. The summed E-state index contributed by atoms with van der Waals surface area (Å²) in [6.45, 7) is 5.14. The molecule has 0 heterocycles. The lowest BCUT2D eigenvalue weighted by atomic mass is 9.82. The van der Waals surface area contributed by atoms with Crippen molar-refractivity contribution in [3.63, 3.8) is 0 Å². The zero-order valence-electron chi connectivity index (χ0n) is 8.44. The van der Waals surface area contributed by atoms with Gasteiger partial charge in [-0.15, -0.1) is 0 Å². The number of nitrogens with two attached hydrogens (primary N) is 1. The molecule has 0 fully saturated rings. The summed E-state index contributed by atoms with van der Waals surface area (Å²) < 4.78 is 29.7. The van der Waals surface area contributed by atoms with E-state index in [2.05, 4.69) is 0 Å². The van der Waals surface area contributed by atoms with Crippen LogP contribution < -0.4 is 5.73 Å². The summed E-state index contributed by atoms with van der Waals surface area (Å²) in [6, 6.07) is 0. The first-order valence-corrected chi connectivity index (χ1v) is 5.60. The van der Waals surface area contributed by atoms with Crippen LogP contribution >= 0.6 is 0 Å². The second-order valence-electron chi connectivity index (χ2n) is 3.65. The molecule has 0 aliphatic heterocycles. The first kappa shape index (κ1) is 13.1. The van der Waals surface area contributed by atoms with E-state index in [1.165, 1.54) is 0 Å². The Balaban J connectivity index is 5.40. The quantitative estimate of drug-likeness (QED) is 0.538. The third-order valence-electron chi connectivity index (χ3n) is 2.15. The zero-order valence-corrected chi connectivity index (χ0v) is 9.26. The Hall–Kier alpha value is -0.880. The van der Waals surface area contributed by atoms with Gasteiger partial charge in [0.15, 0.2) is 0 Å². The van der Waals surface area contributed by atoms with Crippen LogP contribution in [0.4, 0.5) is 0 Å². The van der Waals surface area contributed by atoms with Crippen LogP contribution in [-0.2, 0) is 14.9 Å². The minimum Gasteiger partial charge on any atom is -0.366 e. The Morgan fingerprint density at radius 3 is 2.14 bits per heavy atom. The van der Waals surface area contributed by atoms with Crippen molar-refractivity contribution in [2.45, 2.75) is 27.2 Å². The first-order chi connectivity index (χ1) is 6.10. The maximum Gasteiger partial charge on any atom is 0.288 e. The van der Waals surface area contributed by atoms with Crippen LogP contribution in [0.15, 0.2) is 11.0 Å². The van der Waals surface area contributed by atoms with E-state index in [4.69, 9.17) is 10.3 Å². The van der Waals surface area contributed by atoms with Crippen molar-refractivity contribution in [1.82, 2.24) is 0 Å². The Bertz CT molecular complexity index is 354. The van der Waals surface area contributed by atoms with Gasteiger partial charge in [0.1, 0.15) is 0 Å². The topological polar surface area (TPSA) is 97.5 Å². The molecule has 0 aliphatic rings. The smallest absolute Gasteiger partial charge is 0.288 e. The summed E-state index contributed by atoms with van der Waals surface area (Å²) >= 11 is 0. The zero-order chi connectivity index (χ0) is 11.6. The standard InChI is InChI=1S/C8H15NO4S/c1-4-8(2,3)6(7(9)10)5-14(11,12)13/h5H,4H2,1-3H3,(H2,9,10)(H,11,12,13). The molecule has 0 radical (unpaired) electrons. The minimum absolute atomic E-state index is 0.0949. The molecule has 0 rings (SSSR count). The van der Waals surface area contributed by atoms with E-state index in [1.807, 2.05) is 0 Å². The molecule has 0 spiro atoms. The van der Waals surface area contributed by atoms with Crippen LogP contribution in [-0.4, -0.2) is 18.9 Å². The lowest BCUT2D eigenvalue weighted by Gasteiger charge is -2.23. The molecule has 6 heteroatoms. The maximum absolute atomic E-state index is 11.0. The number of hydrogen-bond donors (Lipinski definition) is 2. The molecule has 0 unspecified atom stereocenters. The van der Waals surface area contributed by atoms with Crippen molar-refractivity contribution >= 4 is 16.0 Å². The monoisotopic (exact) mass is 221 g/mol. The van der Waals surface area contributed by atoms with Gasteiger partial charge in [-0.2, -0.15) is 8.42 Å². The van der Waals surface area contributed by atoms with Crippen LogP contribution in [0.3, 0.4) is 0 Å². The summed E-state index contributed by atoms with van der Waals surface area (Å²) in [5.74, 6) is -0.838. The molecule has 0 aromatic carbocycles. The Kier molecular flexibility index (Phi) is 3.84. The lowest BCUT2D eigenvalue weighted by molar-refractivity contribution is -0.115. The van der Waals surface area contributed by atoms with Crippen molar-refractivity contribution < 1.29 is 17.8 Å². The Morgan fingerprint density at radius 2 is 1.93 bits per heavy atom. The second-order valence-corrected chi connectivity index (χ2v) is 4.91. The predicted octanol–water partition coefficient (Wildman–Crippen LogP) is 0.680. The van der Waals surface area contributed by atoms with Gasteiger partial charge in [0, 0.05) is 5.57 Å². The predicted molar refractivity (Wildman–Crippen MR) is 52.9 cm³/mol. The fourth-order valence-corrected chi connectivity index (χ4v) is 1.62. The van der Waals surface area contributed by atoms with E-state index in [-0.39, 0.29) is 5.57 Å². The largest absolute Gasteiger partial charge is 0.366 e. The molecule has 3 N–H and O–H groups in total. The summed E-state index contributed by atoms with van der Waals surface area (Å²) in [7, 11) is -4.32. The van der Waals surface area contributed by atoms with E-state index in [1.54, 1.807) is 20.8 Å². The van der Waals surface area contributed by atoms with E-state index >= 15 is 0 Å². The Labute approximate surface area is 83.7 Å². The molecule has 0 bridgehead atoms. The van der Waals surface area contributed by atoms with Crippen LogP contribution in [0.2, 0.25) is 0 Å². The summed E-state index contributed by atoms with van der Waals surface area (Å²) in [5.41, 5.74) is 4.26. The highest BCUT2D eigenvalue weighted by molar-refractivity contribution is 7.88. The third kappa shape index (κ3) is 3.89. The van der Waals surface area contributed by atoms with Gasteiger partial charge in [-0.1, -0.05) is 20.8 Å². The van der Waals surface area contributed by atoms with Gasteiger partial charge >= 0.3 is 0 Å². The van der Waals surface area contributed by atoms with Crippen molar-refractivity contribution in [1.29, 1.82) is 0 Å². The van der Waals surface area contributed by atoms with E-state index < -0.39 is 21.4 Å². The highest BCUT2D eigenvalue weighted by Crippen LogP contribution is 2.30. The Morgan fingerprint density at radius 1 is 1.50 bits per heavy atom. The molecular formula is C8H15NO4S. The maximum atomic E-state index is 11.0. The molecular weight excluding hydrogens is 206 g/mol. The molecule has 82 valence electrons. The SMILES string of the molecule is CCC(C)(C)C(=CS(=O)(=O)O)C(N)=O. The first-order valence-electron chi connectivity index (χ1n) is 4.09. The minimum atomic E-state index is -4.32. The lowest BCUT2D eigenvalue weighted by Crippen LogP contribution is -2.27. The van der Waals surface area contributed by atoms with E-state index in [0.29, 0.717) is 11.8 Å². The average molecular weight is 221 g/mol. The average Bonchev–Trinajstić information content (AvgIpc) is 1.98. The molecule has 0 aliphatic carbocycles. The number of hydrogen-bond acceptors (Lipinski definition) is 3. The van der Waals surface area contributed by atoms with E-state index in [9.17, 15) is 13.2 Å². The molecule has 5 nitrogen and oxygen atoms in total. The number of carbonyl (C=O) groups excluding carboxylic acids is 1. The molecule has 1 amide bonds. The van der Waals surface area contributed by atoms with Crippen LogP contribution in [0.25, 0.3) is 0 Å². The highest BCUT2D eigenvalue weighted by Gasteiger charge is 2.27. The van der Waals surface area contributed by atoms with Crippen molar-refractivity contribution in [2.24, 2.45) is 11.1 Å². The van der Waals surface area contributed by atoms with Gasteiger partial charge in [-0.3, -0.25) is 9.35 Å². The van der Waals surface area contributed by atoms with Gasteiger partial charge in [-0.25, -0.2) is 0 Å². The highest BCUT2D eigenvalue weighted by atomic mass is 32.2. The number of rotatable bonds is 4. The normalized spacial score (nSPS) is 14.1. The van der Waals surface area contributed by atoms with E-state index in [0.717, 1.165) is 0 Å². The van der Waals surface area contributed by atoms with Crippen LogP contribution in [0.1, 0.15) is 27.2 Å². The van der Waals surface area contributed by atoms with Crippen LogP contribution in [0.5, 0.6) is 0 Å². The fourth-order valence-electron chi connectivity index (χ4n) is 0.890. The summed E-state index contributed by atoms with van der Waals surface area (Å²) in [6.07, 6.45) is 0.539. The van der Waals surface area contributed by atoms with Crippen molar-refractivity contribution in [3.8, 4) is 0 Å². The molecule has 0 saturated carbocycles. The van der Waals surface area contributed by atoms with Gasteiger partial charge in [-0.05, 0) is 11.8 Å². The number of carbonyl (C=O) groups is 1. The van der Waals surface area contributed by atoms with Crippen molar-refractivity contribution in [2.75, 3.05) is 0 Å². The third-order valence-corrected chi connectivity index (χ3v) is 2.68. The second kappa shape index (κ2) is 4.10. The van der Waals surface area contributed by atoms with Gasteiger partial charge in [0.25, 0.3) is 10.1 Å². The fraction of sp³-hybridized carbons (Fsp3) is 0.625. The number of amides is 1. The summed E-state index contributed by atoms with van der Waals surface area (Å²) in [5, 5.41) is 0.513. The van der Waals surface area contributed by atoms with Gasteiger partial charge < -0.3 is 5.73 Å². The van der Waals surface area contributed by atoms with Crippen LogP contribution in [0, 0.1) is 5.41 Å². The van der Waals surface area contributed by atoms with Gasteiger partial charge in [0.05, 0.1) is 5.41 Å². The molecule has 0 saturated heterocycles.